The molecule has 1 N–H and O–H groups in total. The Balaban J connectivity index is 2.36. The molecule has 1 aromatic rings. The smallest absolute Gasteiger partial charge is 0.134 e. The normalized spacial score (nSPS) is 13.6. The van der Waals surface area contributed by atoms with Gasteiger partial charge in [0.15, 0.2) is 0 Å². The Morgan fingerprint density at radius 3 is 3.15 bits per heavy atom. The number of ketones is 1. The van der Waals surface area contributed by atoms with Crippen molar-refractivity contribution in [3.63, 3.8) is 0 Å². The molecule has 1 aromatic carbocycles. The summed E-state index contributed by atoms with van der Waals surface area (Å²) < 4.78 is 0. The van der Waals surface area contributed by atoms with Crippen LogP contribution >= 0.6 is 0 Å². The van der Waals surface area contributed by atoms with E-state index >= 15 is 0 Å². The van der Waals surface area contributed by atoms with Gasteiger partial charge in [-0.15, -0.1) is 0 Å². The second-order valence-corrected chi connectivity index (χ2v) is 3.51. The fourth-order valence-electron chi connectivity index (χ4n) is 1.83. The largest absolute Gasteiger partial charge is 0.384 e. The van der Waals surface area contributed by atoms with Crippen LogP contribution in [0.2, 0.25) is 0 Å². The van der Waals surface area contributed by atoms with Crippen molar-refractivity contribution >= 4 is 11.5 Å². The molecule has 1 aliphatic heterocycles. The van der Waals surface area contributed by atoms with Gasteiger partial charge in [-0.1, -0.05) is 18.2 Å². The fourth-order valence-corrected chi connectivity index (χ4v) is 1.83. The first-order chi connectivity index (χ1) is 6.27. The second kappa shape index (κ2) is 3.21. The van der Waals surface area contributed by atoms with Crippen LogP contribution in [-0.2, 0) is 17.6 Å². The minimum Gasteiger partial charge on any atom is -0.384 e. The summed E-state index contributed by atoms with van der Waals surface area (Å²) >= 11 is 0. The van der Waals surface area contributed by atoms with Gasteiger partial charge < -0.3 is 5.32 Å². The highest BCUT2D eigenvalue weighted by molar-refractivity contribution is 5.81. The molecule has 2 nitrogen and oxygen atoms in total. The number of carbonyl (C=O) groups is 1. The molecule has 0 aliphatic carbocycles. The van der Waals surface area contributed by atoms with Gasteiger partial charge in [0.2, 0.25) is 0 Å². The summed E-state index contributed by atoms with van der Waals surface area (Å²) in [6.07, 6.45) is 1.64. The second-order valence-electron chi connectivity index (χ2n) is 3.51. The SMILES string of the molecule is CC(=O)Cc1cccc2c1NCC2. The molecule has 0 atom stereocenters. The van der Waals surface area contributed by atoms with Crippen molar-refractivity contribution in [1.29, 1.82) is 0 Å². The van der Waals surface area contributed by atoms with E-state index < -0.39 is 0 Å². The van der Waals surface area contributed by atoms with Crippen LogP contribution in [0, 0.1) is 0 Å². The molecule has 0 amide bonds. The van der Waals surface area contributed by atoms with Gasteiger partial charge in [0.1, 0.15) is 5.78 Å². The first kappa shape index (κ1) is 8.30. The lowest BCUT2D eigenvalue weighted by molar-refractivity contribution is -0.116. The van der Waals surface area contributed by atoms with E-state index in [0.717, 1.165) is 18.5 Å². The van der Waals surface area contributed by atoms with Gasteiger partial charge in [-0.3, -0.25) is 4.79 Å². The number of benzene rings is 1. The van der Waals surface area contributed by atoms with Crippen LogP contribution in [0.5, 0.6) is 0 Å². The molecule has 68 valence electrons. The van der Waals surface area contributed by atoms with Crippen molar-refractivity contribution in [3.8, 4) is 0 Å². The molecule has 0 radical (unpaired) electrons. The minimum atomic E-state index is 0.224. The molecule has 0 spiro atoms. The van der Waals surface area contributed by atoms with Gasteiger partial charge in [-0.05, 0) is 24.5 Å². The molecule has 2 heteroatoms. The Hall–Kier alpha value is -1.31. The first-order valence-corrected chi connectivity index (χ1v) is 4.61. The monoisotopic (exact) mass is 175 g/mol. The summed E-state index contributed by atoms with van der Waals surface area (Å²) in [6.45, 7) is 2.64. The molecule has 0 saturated heterocycles. The van der Waals surface area contributed by atoms with Crippen molar-refractivity contribution in [2.75, 3.05) is 11.9 Å². The zero-order valence-corrected chi connectivity index (χ0v) is 7.76. The highest BCUT2D eigenvalue weighted by Gasteiger charge is 2.13. The average molecular weight is 175 g/mol. The highest BCUT2D eigenvalue weighted by atomic mass is 16.1. The molecular weight excluding hydrogens is 162 g/mol. The minimum absolute atomic E-state index is 0.224. The molecule has 0 bridgehead atoms. The molecule has 1 aliphatic rings. The van der Waals surface area contributed by atoms with E-state index in [1.165, 1.54) is 11.3 Å². The van der Waals surface area contributed by atoms with Crippen molar-refractivity contribution in [1.82, 2.24) is 0 Å². The predicted molar refractivity (Wildman–Crippen MR) is 53.0 cm³/mol. The van der Waals surface area contributed by atoms with E-state index in [9.17, 15) is 4.79 Å². The van der Waals surface area contributed by atoms with Gasteiger partial charge >= 0.3 is 0 Å². The topological polar surface area (TPSA) is 29.1 Å². The highest BCUT2D eigenvalue weighted by Crippen LogP contribution is 2.26. The van der Waals surface area contributed by atoms with Crippen LogP contribution in [0.25, 0.3) is 0 Å². The maximum atomic E-state index is 11.0. The lowest BCUT2D eigenvalue weighted by Crippen LogP contribution is -2.00. The third kappa shape index (κ3) is 1.57. The van der Waals surface area contributed by atoms with Crippen LogP contribution < -0.4 is 5.32 Å². The van der Waals surface area contributed by atoms with Crippen molar-refractivity contribution in [2.45, 2.75) is 19.8 Å². The van der Waals surface area contributed by atoms with Crippen LogP contribution in [0.15, 0.2) is 18.2 Å². The lowest BCUT2D eigenvalue weighted by Gasteiger charge is -2.06. The van der Waals surface area contributed by atoms with E-state index in [2.05, 4.69) is 11.4 Å². The molecular formula is C11H13NO. The Labute approximate surface area is 78.0 Å². The Morgan fingerprint density at radius 1 is 1.54 bits per heavy atom. The summed E-state index contributed by atoms with van der Waals surface area (Å²) in [4.78, 5) is 11.0. The molecule has 13 heavy (non-hydrogen) atoms. The summed E-state index contributed by atoms with van der Waals surface area (Å²) in [5, 5.41) is 3.32. The molecule has 0 fully saturated rings. The number of nitrogens with one attached hydrogen (secondary N) is 1. The lowest BCUT2D eigenvalue weighted by atomic mass is 10.0. The zero-order chi connectivity index (χ0) is 9.26. The summed E-state index contributed by atoms with van der Waals surface area (Å²) in [7, 11) is 0. The molecule has 0 unspecified atom stereocenters. The van der Waals surface area contributed by atoms with Gasteiger partial charge in [0.25, 0.3) is 0 Å². The maximum absolute atomic E-state index is 11.0. The number of para-hydroxylation sites is 1. The molecule has 2 rings (SSSR count). The van der Waals surface area contributed by atoms with Crippen LogP contribution in [-0.4, -0.2) is 12.3 Å². The summed E-state index contributed by atoms with van der Waals surface area (Å²) in [5.74, 6) is 0.224. The first-order valence-electron chi connectivity index (χ1n) is 4.61. The maximum Gasteiger partial charge on any atom is 0.134 e. The Morgan fingerprint density at radius 2 is 2.38 bits per heavy atom. The van der Waals surface area contributed by atoms with E-state index in [1.807, 2.05) is 12.1 Å². The third-order valence-corrected chi connectivity index (χ3v) is 2.37. The number of rotatable bonds is 2. The van der Waals surface area contributed by atoms with Crippen LogP contribution in [0.3, 0.4) is 0 Å². The van der Waals surface area contributed by atoms with Gasteiger partial charge in [0, 0.05) is 18.7 Å². The van der Waals surface area contributed by atoms with Crippen molar-refractivity contribution in [2.24, 2.45) is 0 Å². The summed E-state index contributed by atoms with van der Waals surface area (Å²) in [5.41, 5.74) is 3.68. The van der Waals surface area contributed by atoms with E-state index in [0.29, 0.717) is 6.42 Å². The predicted octanol–water partition coefficient (Wildman–Crippen LogP) is 1.79. The van der Waals surface area contributed by atoms with Gasteiger partial charge in [-0.25, -0.2) is 0 Å². The molecule has 0 aromatic heterocycles. The van der Waals surface area contributed by atoms with E-state index in [4.69, 9.17) is 0 Å². The quantitative estimate of drug-likeness (QED) is 0.742. The third-order valence-electron chi connectivity index (χ3n) is 2.37. The number of carbonyl (C=O) groups excluding carboxylic acids is 1. The summed E-state index contributed by atoms with van der Waals surface area (Å²) in [6, 6.07) is 6.18. The van der Waals surface area contributed by atoms with Crippen molar-refractivity contribution < 1.29 is 4.79 Å². The average Bonchev–Trinajstić information content (AvgIpc) is 2.51. The Kier molecular flexibility index (Phi) is 2.05. The number of anilines is 1. The fraction of sp³-hybridized carbons (Fsp3) is 0.364. The zero-order valence-electron chi connectivity index (χ0n) is 7.76. The van der Waals surface area contributed by atoms with E-state index in [1.54, 1.807) is 6.92 Å². The van der Waals surface area contributed by atoms with Crippen LogP contribution in [0.4, 0.5) is 5.69 Å². The number of hydrogen-bond donors (Lipinski definition) is 1. The van der Waals surface area contributed by atoms with E-state index in [-0.39, 0.29) is 5.78 Å². The van der Waals surface area contributed by atoms with Crippen LogP contribution in [0.1, 0.15) is 18.1 Å². The number of fused-ring (bicyclic) bond motifs is 1. The van der Waals surface area contributed by atoms with Gasteiger partial charge in [0.05, 0.1) is 0 Å². The number of hydrogen-bond acceptors (Lipinski definition) is 2. The standard InChI is InChI=1S/C11H13NO/c1-8(13)7-10-4-2-3-9-5-6-12-11(9)10/h2-4,12H,5-7H2,1H3. The molecule has 0 saturated carbocycles. The molecule has 1 heterocycles. The Bertz CT molecular complexity index is 344. The van der Waals surface area contributed by atoms with Gasteiger partial charge in [-0.2, -0.15) is 0 Å². The van der Waals surface area contributed by atoms with Crippen molar-refractivity contribution in [3.05, 3.63) is 29.3 Å². The number of Topliss-reactive ketones (excluding diaryl/α,β-unsaturated/α-hetero) is 1.